The van der Waals surface area contributed by atoms with Crippen molar-refractivity contribution in [2.24, 2.45) is 0 Å². The molecule has 2 heterocycles. The summed E-state index contributed by atoms with van der Waals surface area (Å²) < 4.78 is 5.20. The summed E-state index contributed by atoms with van der Waals surface area (Å²) in [5.41, 5.74) is 1.86. The number of carbonyl (C=O) groups excluding carboxylic acids is 2. The van der Waals surface area contributed by atoms with E-state index in [1.54, 1.807) is 44.5 Å². The van der Waals surface area contributed by atoms with Crippen molar-refractivity contribution in [1.29, 1.82) is 0 Å². The van der Waals surface area contributed by atoms with Gasteiger partial charge in [-0.15, -0.1) is 0 Å². The number of anilines is 1. The van der Waals surface area contributed by atoms with E-state index in [1.165, 1.54) is 0 Å². The largest absolute Gasteiger partial charge is 0.497 e. The third kappa shape index (κ3) is 4.58. The maximum Gasteiger partial charge on any atom is 0.253 e. The summed E-state index contributed by atoms with van der Waals surface area (Å²) in [7, 11) is 1.60. The summed E-state index contributed by atoms with van der Waals surface area (Å²) in [6.45, 7) is 2.00. The summed E-state index contributed by atoms with van der Waals surface area (Å²) in [5, 5.41) is 6.28. The van der Waals surface area contributed by atoms with Gasteiger partial charge in [-0.05, 0) is 37.3 Å². The van der Waals surface area contributed by atoms with E-state index in [2.05, 4.69) is 20.6 Å². The number of aryl methyl sites for hydroxylation is 1. The highest BCUT2D eigenvalue weighted by Gasteiger charge is 2.12. The van der Waals surface area contributed by atoms with Crippen molar-refractivity contribution in [3.8, 4) is 5.75 Å². The van der Waals surface area contributed by atoms with Crippen LogP contribution in [0.4, 0.5) is 5.82 Å². The van der Waals surface area contributed by atoms with E-state index in [0.717, 1.165) is 10.9 Å². The number of ether oxygens (including phenoxy) is 1. The van der Waals surface area contributed by atoms with Crippen LogP contribution < -0.4 is 15.4 Å². The Kier molecular flexibility index (Phi) is 5.61. The minimum atomic E-state index is -0.261. The lowest BCUT2D eigenvalue weighted by atomic mass is 10.1. The molecular formula is C20H20N4O3. The maximum atomic E-state index is 12.5. The van der Waals surface area contributed by atoms with Crippen molar-refractivity contribution in [1.82, 2.24) is 15.3 Å². The Morgan fingerprint density at radius 1 is 1.15 bits per heavy atom. The number of nitrogens with one attached hydrogen (secondary N) is 2. The molecule has 0 atom stereocenters. The zero-order valence-corrected chi connectivity index (χ0v) is 15.2. The minimum absolute atomic E-state index is 0.152. The van der Waals surface area contributed by atoms with Gasteiger partial charge < -0.3 is 15.4 Å². The van der Waals surface area contributed by atoms with Gasteiger partial charge >= 0.3 is 0 Å². The number of hydrogen-bond acceptors (Lipinski definition) is 5. The second kappa shape index (κ2) is 8.27. The van der Waals surface area contributed by atoms with Crippen molar-refractivity contribution in [2.75, 3.05) is 19.0 Å². The smallest absolute Gasteiger partial charge is 0.253 e. The van der Waals surface area contributed by atoms with Crippen molar-refractivity contribution < 1.29 is 14.3 Å². The molecule has 138 valence electrons. The van der Waals surface area contributed by atoms with Crippen LogP contribution in [0.5, 0.6) is 5.75 Å². The molecule has 0 saturated carbocycles. The molecular weight excluding hydrogens is 344 g/mol. The van der Waals surface area contributed by atoms with Gasteiger partial charge in [-0.25, -0.2) is 4.98 Å². The summed E-state index contributed by atoms with van der Waals surface area (Å²) in [5.74, 6) is 0.724. The number of carbonyl (C=O) groups is 2. The van der Waals surface area contributed by atoms with Crippen LogP contribution >= 0.6 is 0 Å². The van der Waals surface area contributed by atoms with Gasteiger partial charge in [0, 0.05) is 30.6 Å². The molecule has 0 radical (unpaired) electrons. The molecule has 2 N–H and O–H groups in total. The average Bonchev–Trinajstić information content (AvgIpc) is 2.67. The van der Waals surface area contributed by atoms with Gasteiger partial charge in [-0.3, -0.25) is 14.6 Å². The predicted octanol–water partition coefficient (Wildman–Crippen LogP) is 2.71. The molecule has 0 aliphatic rings. The standard InChI is InChI=1S/C20H20N4O3/c1-13-16(11-14-6-7-15(27-2)12-17(14)23-13)20(26)22-10-8-19(25)24-18-5-3-4-9-21-18/h3-7,9,11-12H,8,10H2,1-2H3,(H,22,26)(H,21,24,25). The summed E-state index contributed by atoms with van der Waals surface area (Å²) >= 11 is 0. The average molecular weight is 364 g/mol. The number of hydrogen-bond donors (Lipinski definition) is 2. The van der Waals surface area contributed by atoms with Gasteiger partial charge in [0.15, 0.2) is 0 Å². The van der Waals surface area contributed by atoms with Gasteiger partial charge in [-0.1, -0.05) is 6.07 Å². The van der Waals surface area contributed by atoms with E-state index >= 15 is 0 Å². The first-order valence-corrected chi connectivity index (χ1v) is 8.51. The molecule has 3 aromatic rings. The van der Waals surface area contributed by atoms with Gasteiger partial charge in [0.05, 0.1) is 23.9 Å². The summed E-state index contributed by atoms with van der Waals surface area (Å²) in [6.07, 6.45) is 1.75. The van der Waals surface area contributed by atoms with Gasteiger partial charge in [0.25, 0.3) is 5.91 Å². The highest BCUT2D eigenvalue weighted by molar-refractivity contribution is 5.99. The zero-order chi connectivity index (χ0) is 19.2. The number of benzene rings is 1. The first-order valence-electron chi connectivity index (χ1n) is 8.51. The highest BCUT2D eigenvalue weighted by atomic mass is 16.5. The molecule has 3 rings (SSSR count). The zero-order valence-electron chi connectivity index (χ0n) is 15.2. The lowest BCUT2D eigenvalue weighted by Crippen LogP contribution is -2.28. The molecule has 27 heavy (non-hydrogen) atoms. The Morgan fingerprint density at radius 3 is 2.74 bits per heavy atom. The van der Waals surface area contributed by atoms with Crippen LogP contribution in [0.15, 0.2) is 48.7 Å². The Morgan fingerprint density at radius 2 is 2.00 bits per heavy atom. The Labute approximate surface area is 156 Å². The second-order valence-electron chi connectivity index (χ2n) is 5.95. The third-order valence-corrected chi connectivity index (χ3v) is 4.03. The number of rotatable bonds is 6. The molecule has 1 aromatic carbocycles. The van der Waals surface area contributed by atoms with Crippen molar-refractivity contribution in [3.63, 3.8) is 0 Å². The van der Waals surface area contributed by atoms with Crippen LogP contribution in [0.1, 0.15) is 22.5 Å². The van der Waals surface area contributed by atoms with E-state index in [1.807, 2.05) is 18.2 Å². The van der Waals surface area contributed by atoms with Gasteiger partial charge in [0.1, 0.15) is 11.6 Å². The third-order valence-electron chi connectivity index (χ3n) is 4.03. The fourth-order valence-electron chi connectivity index (χ4n) is 2.63. The number of pyridine rings is 2. The number of methoxy groups -OCH3 is 1. The molecule has 0 fully saturated rings. The quantitative estimate of drug-likeness (QED) is 0.701. The number of amides is 2. The Hall–Kier alpha value is -3.48. The van der Waals surface area contributed by atoms with E-state index in [4.69, 9.17) is 4.74 Å². The number of fused-ring (bicyclic) bond motifs is 1. The van der Waals surface area contributed by atoms with Crippen LogP contribution in [0.3, 0.4) is 0 Å². The van der Waals surface area contributed by atoms with Crippen LogP contribution in [-0.2, 0) is 4.79 Å². The van der Waals surface area contributed by atoms with Crippen LogP contribution in [-0.4, -0.2) is 35.4 Å². The topological polar surface area (TPSA) is 93.2 Å². The molecule has 2 aromatic heterocycles. The first-order chi connectivity index (χ1) is 13.1. The van der Waals surface area contributed by atoms with E-state index in [9.17, 15) is 9.59 Å². The molecule has 0 aliphatic carbocycles. The number of aromatic nitrogens is 2. The van der Waals surface area contributed by atoms with E-state index in [-0.39, 0.29) is 24.8 Å². The Balaban J connectivity index is 1.60. The second-order valence-corrected chi connectivity index (χ2v) is 5.95. The normalized spacial score (nSPS) is 10.4. The summed E-state index contributed by atoms with van der Waals surface area (Å²) in [4.78, 5) is 32.9. The molecule has 7 nitrogen and oxygen atoms in total. The maximum absolute atomic E-state index is 12.5. The Bertz CT molecular complexity index is 974. The van der Waals surface area contributed by atoms with Gasteiger partial charge in [-0.2, -0.15) is 0 Å². The molecule has 2 amide bonds. The minimum Gasteiger partial charge on any atom is -0.497 e. The lowest BCUT2D eigenvalue weighted by Gasteiger charge is -2.10. The highest BCUT2D eigenvalue weighted by Crippen LogP contribution is 2.21. The SMILES string of the molecule is COc1ccc2cc(C(=O)NCCC(=O)Nc3ccccn3)c(C)nc2c1. The van der Waals surface area contributed by atoms with Crippen molar-refractivity contribution in [3.05, 3.63) is 59.9 Å². The first kappa shape index (κ1) is 18.3. The van der Waals surface area contributed by atoms with Gasteiger partial charge in [0.2, 0.25) is 5.91 Å². The van der Waals surface area contributed by atoms with E-state index < -0.39 is 0 Å². The van der Waals surface area contributed by atoms with Crippen LogP contribution in [0.25, 0.3) is 10.9 Å². The predicted molar refractivity (Wildman–Crippen MR) is 103 cm³/mol. The fraction of sp³-hybridized carbons (Fsp3) is 0.200. The summed E-state index contributed by atoms with van der Waals surface area (Å²) in [6, 6.07) is 12.6. The van der Waals surface area contributed by atoms with Crippen LogP contribution in [0.2, 0.25) is 0 Å². The van der Waals surface area contributed by atoms with E-state index in [0.29, 0.717) is 22.8 Å². The van der Waals surface area contributed by atoms with Crippen molar-refractivity contribution in [2.45, 2.75) is 13.3 Å². The molecule has 0 bridgehead atoms. The molecule has 0 spiro atoms. The molecule has 0 aliphatic heterocycles. The molecule has 0 saturated heterocycles. The van der Waals surface area contributed by atoms with Crippen LogP contribution in [0, 0.1) is 6.92 Å². The lowest BCUT2D eigenvalue weighted by molar-refractivity contribution is -0.116. The van der Waals surface area contributed by atoms with Crippen molar-refractivity contribution >= 4 is 28.5 Å². The monoisotopic (exact) mass is 364 g/mol. The fourth-order valence-corrected chi connectivity index (χ4v) is 2.63. The number of nitrogens with zero attached hydrogens (tertiary/aromatic N) is 2. The molecule has 7 heteroatoms. The molecule has 0 unspecified atom stereocenters.